The molecule has 0 saturated carbocycles. The Morgan fingerprint density at radius 2 is 2.03 bits per heavy atom. The molecule has 6 rings (SSSR count). The summed E-state index contributed by atoms with van der Waals surface area (Å²) in [4.78, 5) is 21.7. The number of carbonyl (C=O) groups excluding carboxylic acids is 1. The van der Waals surface area contributed by atoms with Crippen LogP contribution in [0.25, 0.3) is 11.2 Å². The summed E-state index contributed by atoms with van der Waals surface area (Å²) >= 11 is 0. The van der Waals surface area contributed by atoms with E-state index in [-0.39, 0.29) is 18.3 Å². The fraction of sp³-hybridized carbons (Fsp3) is 0.462. The van der Waals surface area contributed by atoms with Crippen LogP contribution < -0.4 is 10.1 Å². The van der Waals surface area contributed by atoms with Crippen molar-refractivity contribution in [3.63, 3.8) is 0 Å². The molecule has 0 spiro atoms. The van der Waals surface area contributed by atoms with Gasteiger partial charge in [-0.15, -0.1) is 10.2 Å². The third kappa shape index (κ3) is 4.41. The molecule has 0 aliphatic carbocycles. The molecule has 9 nitrogen and oxygen atoms in total. The molecular formula is C26H30FN7O2. The first-order valence-corrected chi connectivity index (χ1v) is 12.7. The average molecular weight is 492 g/mol. The fourth-order valence-electron chi connectivity index (χ4n) is 5.44. The second-order valence-electron chi connectivity index (χ2n) is 9.61. The number of anilines is 1. The molecule has 0 atom stereocenters. The number of aromatic nitrogens is 4. The van der Waals surface area contributed by atoms with Crippen molar-refractivity contribution in [2.24, 2.45) is 0 Å². The van der Waals surface area contributed by atoms with E-state index in [1.165, 1.54) is 18.9 Å². The van der Waals surface area contributed by atoms with Gasteiger partial charge in [0.15, 0.2) is 5.65 Å². The molecule has 1 N–H and O–H groups in total. The molecule has 0 unspecified atom stereocenters. The Kier molecular flexibility index (Phi) is 6.27. The molecule has 3 aromatic rings. The summed E-state index contributed by atoms with van der Waals surface area (Å²) in [6, 6.07) is 3.14. The maximum absolute atomic E-state index is 14.6. The van der Waals surface area contributed by atoms with Gasteiger partial charge in [0.2, 0.25) is 11.9 Å². The molecule has 3 aliphatic heterocycles. The van der Waals surface area contributed by atoms with Crippen molar-refractivity contribution in [1.82, 2.24) is 29.4 Å². The monoisotopic (exact) mass is 491 g/mol. The van der Waals surface area contributed by atoms with Crippen molar-refractivity contribution < 1.29 is 13.9 Å². The lowest BCUT2D eigenvalue weighted by Crippen LogP contribution is -2.40. The number of nitrogens with zero attached hydrogens (tertiary/aromatic N) is 6. The Morgan fingerprint density at radius 3 is 2.92 bits per heavy atom. The molecule has 10 heteroatoms. The van der Waals surface area contributed by atoms with Gasteiger partial charge in [0.25, 0.3) is 0 Å². The number of fused-ring (bicyclic) bond motifs is 2. The number of likely N-dealkylation sites (tertiary alicyclic amines) is 1. The SMILES string of the molecule is O=C(CN1CCCC1)N1CCC=C(c2cnc(NCc3c(F)ccc4c3CCO4)n3cnnc23)CC1. The summed E-state index contributed by atoms with van der Waals surface area (Å²) in [5.41, 5.74) is 4.23. The van der Waals surface area contributed by atoms with Crippen LogP contribution in [-0.2, 0) is 17.8 Å². The van der Waals surface area contributed by atoms with Gasteiger partial charge in [0.05, 0.1) is 13.2 Å². The lowest BCUT2D eigenvalue weighted by atomic mass is 10.0. The van der Waals surface area contributed by atoms with E-state index in [0.29, 0.717) is 43.3 Å². The highest BCUT2D eigenvalue weighted by Crippen LogP contribution is 2.31. The van der Waals surface area contributed by atoms with Gasteiger partial charge in [-0.1, -0.05) is 6.08 Å². The lowest BCUT2D eigenvalue weighted by Gasteiger charge is -2.23. The number of carbonyl (C=O) groups is 1. The van der Waals surface area contributed by atoms with Gasteiger partial charge in [-0.05, 0) is 56.5 Å². The predicted molar refractivity (Wildman–Crippen MR) is 133 cm³/mol. The largest absolute Gasteiger partial charge is 0.493 e. The van der Waals surface area contributed by atoms with Gasteiger partial charge in [-0.2, -0.15) is 0 Å². The van der Waals surface area contributed by atoms with Crippen molar-refractivity contribution in [2.45, 2.75) is 38.6 Å². The minimum atomic E-state index is -0.254. The lowest BCUT2D eigenvalue weighted by molar-refractivity contribution is -0.132. The number of halogens is 1. The third-order valence-electron chi connectivity index (χ3n) is 7.39. The number of nitrogens with one attached hydrogen (secondary N) is 1. The van der Waals surface area contributed by atoms with E-state index >= 15 is 0 Å². The van der Waals surface area contributed by atoms with Crippen LogP contribution in [0.2, 0.25) is 0 Å². The summed E-state index contributed by atoms with van der Waals surface area (Å²) < 4.78 is 21.9. The van der Waals surface area contributed by atoms with E-state index in [1.807, 2.05) is 4.90 Å². The highest BCUT2D eigenvalue weighted by molar-refractivity contribution is 5.80. The maximum Gasteiger partial charge on any atom is 0.236 e. The van der Waals surface area contributed by atoms with Crippen LogP contribution in [0.5, 0.6) is 5.75 Å². The summed E-state index contributed by atoms with van der Waals surface area (Å²) in [7, 11) is 0. The van der Waals surface area contributed by atoms with Gasteiger partial charge in [-0.3, -0.25) is 14.1 Å². The summed E-state index contributed by atoms with van der Waals surface area (Å²) in [6.07, 6.45) is 10.2. The molecular weight excluding hydrogens is 461 g/mol. The quantitative estimate of drug-likeness (QED) is 0.567. The Labute approximate surface area is 209 Å². The minimum absolute atomic E-state index is 0.210. The van der Waals surface area contributed by atoms with Gasteiger partial charge < -0.3 is 15.0 Å². The first-order valence-electron chi connectivity index (χ1n) is 12.7. The Bertz CT molecular complexity index is 1320. The van der Waals surface area contributed by atoms with Crippen LogP contribution in [0.1, 0.15) is 42.4 Å². The van der Waals surface area contributed by atoms with Crippen molar-refractivity contribution in [3.05, 3.63) is 53.2 Å². The number of hydrogen-bond donors (Lipinski definition) is 1. The van der Waals surface area contributed by atoms with Gasteiger partial charge in [0.1, 0.15) is 17.9 Å². The fourth-order valence-corrected chi connectivity index (χ4v) is 5.44. The van der Waals surface area contributed by atoms with E-state index in [1.54, 1.807) is 23.0 Å². The van der Waals surface area contributed by atoms with Crippen molar-refractivity contribution in [3.8, 4) is 5.75 Å². The second kappa shape index (κ2) is 9.85. The number of benzene rings is 1. The van der Waals surface area contributed by atoms with Gasteiger partial charge in [-0.25, -0.2) is 9.37 Å². The van der Waals surface area contributed by atoms with E-state index in [9.17, 15) is 9.18 Å². The van der Waals surface area contributed by atoms with Crippen LogP contribution in [0, 0.1) is 5.82 Å². The number of hydrogen-bond acceptors (Lipinski definition) is 7. The van der Waals surface area contributed by atoms with E-state index < -0.39 is 0 Å². The Hall–Kier alpha value is -3.53. The molecule has 1 saturated heterocycles. The van der Waals surface area contributed by atoms with Crippen LogP contribution in [0.3, 0.4) is 0 Å². The maximum atomic E-state index is 14.6. The van der Waals surface area contributed by atoms with E-state index in [2.05, 4.69) is 31.5 Å². The van der Waals surface area contributed by atoms with Crippen LogP contribution in [0.4, 0.5) is 10.3 Å². The standard InChI is InChI=1S/C26H30FN7O2/c27-22-5-6-23-19(8-13-36-23)21(22)15-29-26-28-14-20(25-31-30-17-34(25)26)18-4-3-11-33(12-7-18)24(35)16-32-9-1-2-10-32/h4-6,14,17H,1-3,7-13,15-16H2,(H,28,29). The molecule has 36 heavy (non-hydrogen) atoms. The number of rotatable bonds is 6. The van der Waals surface area contributed by atoms with Crippen LogP contribution >= 0.6 is 0 Å². The predicted octanol–water partition coefficient (Wildman–Crippen LogP) is 2.91. The topological polar surface area (TPSA) is 87.9 Å². The van der Waals surface area contributed by atoms with E-state index in [0.717, 1.165) is 54.9 Å². The van der Waals surface area contributed by atoms with Gasteiger partial charge in [0, 0.05) is 48.9 Å². The van der Waals surface area contributed by atoms with Gasteiger partial charge >= 0.3 is 0 Å². The smallest absolute Gasteiger partial charge is 0.236 e. The molecule has 1 fully saturated rings. The molecule has 5 heterocycles. The molecule has 0 bridgehead atoms. The first-order chi connectivity index (χ1) is 17.7. The number of ether oxygens (including phenoxy) is 1. The Morgan fingerprint density at radius 1 is 1.14 bits per heavy atom. The second-order valence-corrected chi connectivity index (χ2v) is 9.61. The number of amides is 1. The van der Waals surface area contributed by atoms with Crippen LogP contribution in [-0.4, -0.2) is 74.6 Å². The third-order valence-corrected chi connectivity index (χ3v) is 7.39. The van der Waals surface area contributed by atoms with Crippen LogP contribution in [0.15, 0.2) is 30.7 Å². The van der Waals surface area contributed by atoms with Crippen molar-refractivity contribution >= 4 is 23.1 Å². The molecule has 1 amide bonds. The Balaban J connectivity index is 1.17. The minimum Gasteiger partial charge on any atom is -0.493 e. The zero-order valence-electron chi connectivity index (χ0n) is 20.2. The van der Waals surface area contributed by atoms with Crippen molar-refractivity contribution in [2.75, 3.05) is 44.6 Å². The molecule has 188 valence electrons. The van der Waals surface area contributed by atoms with E-state index in [4.69, 9.17) is 4.74 Å². The zero-order chi connectivity index (χ0) is 24.5. The molecule has 0 radical (unpaired) electrons. The molecule has 1 aromatic carbocycles. The average Bonchev–Trinajstić information content (AvgIpc) is 3.64. The molecule has 2 aromatic heterocycles. The first kappa shape index (κ1) is 22.9. The normalized spacial score (nSPS) is 18.1. The highest BCUT2D eigenvalue weighted by Gasteiger charge is 2.23. The summed E-state index contributed by atoms with van der Waals surface area (Å²) in [5.74, 6) is 1.25. The molecule has 3 aliphatic rings. The zero-order valence-corrected chi connectivity index (χ0v) is 20.2. The highest BCUT2D eigenvalue weighted by atomic mass is 19.1. The summed E-state index contributed by atoms with van der Waals surface area (Å²) in [6.45, 7) is 4.82. The van der Waals surface area contributed by atoms with Crippen molar-refractivity contribution in [1.29, 1.82) is 0 Å². The summed E-state index contributed by atoms with van der Waals surface area (Å²) in [5, 5.41) is 11.7.